The van der Waals surface area contributed by atoms with Crippen molar-refractivity contribution < 1.29 is 9.90 Å². The fraction of sp³-hybridized carbons (Fsp3) is 0.250. The zero-order valence-corrected chi connectivity index (χ0v) is 11.5. The van der Waals surface area contributed by atoms with E-state index >= 15 is 0 Å². The molecule has 1 aromatic heterocycles. The monoisotopic (exact) mass is 283 g/mol. The van der Waals surface area contributed by atoms with Crippen LogP contribution in [0.1, 0.15) is 22.7 Å². The molecule has 2 atom stereocenters. The summed E-state index contributed by atoms with van der Waals surface area (Å²) in [5, 5.41) is 15.7. The van der Waals surface area contributed by atoms with Gasteiger partial charge in [0.05, 0.1) is 12.1 Å². The van der Waals surface area contributed by atoms with E-state index in [0.717, 1.165) is 16.7 Å². The fourth-order valence-corrected chi connectivity index (χ4v) is 2.63. The van der Waals surface area contributed by atoms with E-state index in [1.54, 1.807) is 12.4 Å². The molecule has 2 aromatic rings. The van der Waals surface area contributed by atoms with E-state index in [2.05, 4.69) is 15.6 Å². The molecule has 0 aliphatic heterocycles. The molecule has 5 heteroatoms. The number of hydrogen-bond acceptors (Lipinski definition) is 3. The van der Waals surface area contributed by atoms with Crippen LogP contribution in [-0.4, -0.2) is 22.2 Å². The van der Waals surface area contributed by atoms with Gasteiger partial charge in [-0.1, -0.05) is 30.3 Å². The molecular formula is C16H17N3O2. The van der Waals surface area contributed by atoms with Crippen LogP contribution in [-0.2, 0) is 13.0 Å². The van der Waals surface area contributed by atoms with Crippen molar-refractivity contribution in [2.75, 3.05) is 0 Å². The lowest BCUT2D eigenvalue weighted by atomic mass is 10.1. The van der Waals surface area contributed by atoms with Gasteiger partial charge in [-0.15, -0.1) is 0 Å². The summed E-state index contributed by atoms with van der Waals surface area (Å²) in [4.78, 5) is 16.0. The molecular weight excluding hydrogens is 266 g/mol. The molecule has 1 heterocycles. The van der Waals surface area contributed by atoms with Crippen molar-refractivity contribution in [3.8, 4) is 0 Å². The molecule has 1 aromatic carbocycles. The van der Waals surface area contributed by atoms with Gasteiger partial charge in [-0.3, -0.25) is 4.98 Å². The van der Waals surface area contributed by atoms with E-state index in [4.69, 9.17) is 0 Å². The number of carbonyl (C=O) groups is 1. The topological polar surface area (TPSA) is 74.2 Å². The number of amides is 2. The molecule has 21 heavy (non-hydrogen) atoms. The van der Waals surface area contributed by atoms with Crippen molar-refractivity contribution in [2.24, 2.45) is 0 Å². The quantitative estimate of drug-likeness (QED) is 0.800. The van der Waals surface area contributed by atoms with Crippen LogP contribution in [0.5, 0.6) is 0 Å². The lowest BCUT2D eigenvalue weighted by Crippen LogP contribution is -2.40. The van der Waals surface area contributed by atoms with Gasteiger partial charge in [-0.05, 0) is 22.8 Å². The summed E-state index contributed by atoms with van der Waals surface area (Å²) in [6.07, 6.45) is 3.39. The van der Waals surface area contributed by atoms with Gasteiger partial charge in [-0.2, -0.15) is 0 Å². The van der Waals surface area contributed by atoms with Crippen molar-refractivity contribution in [1.29, 1.82) is 0 Å². The predicted molar refractivity (Wildman–Crippen MR) is 78.5 cm³/mol. The molecule has 3 rings (SSSR count). The van der Waals surface area contributed by atoms with E-state index in [0.29, 0.717) is 13.0 Å². The molecule has 5 nitrogen and oxygen atoms in total. The van der Waals surface area contributed by atoms with Crippen LogP contribution < -0.4 is 10.6 Å². The van der Waals surface area contributed by atoms with Crippen molar-refractivity contribution in [1.82, 2.24) is 15.6 Å². The number of aliphatic hydroxyl groups excluding tert-OH is 1. The van der Waals surface area contributed by atoms with Gasteiger partial charge in [0.25, 0.3) is 0 Å². The summed E-state index contributed by atoms with van der Waals surface area (Å²) in [6.45, 7) is 0.407. The van der Waals surface area contributed by atoms with Crippen LogP contribution in [0.25, 0.3) is 0 Å². The predicted octanol–water partition coefficient (Wildman–Crippen LogP) is 1.54. The van der Waals surface area contributed by atoms with E-state index in [9.17, 15) is 9.90 Å². The van der Waals surface area contributed by atoms with E-state index in [-0.39, 0.29) is 12.1 Å². The molecule has 0 spiro atoms. The Bertz CT molecular complexity index is 630. The summed E-state index contributed by atoms with van der Waals surface area (Å²) in [7, 11) is 0. The first kappa shape index (κ1) is 13.6. The Hall–Kier alpha value is -2.40. The molecule has 0 radical (unpaired) electrons. The minimum Gasteiger partial charge on any atom is -0.390 e. The van der Waals surface area contributed by atoms with Gasteiger partial charge in [-0.25, -0.2) is 4.79 Å². The first-order valence-corrected chi connectivity index (χ1v) is 6.93. The first-order valence-electron chi connectivity index (χ1n) is 6.93. The Balaban J connectivity index is 1.60. The smallest absolute Gasteiger partial charge is 0.315 e. The van der Waals surface area contributed by atoms with Crippen LogP contribution in [0.3, 0.4) is 0 Å². The molecule has 3 N–H and O–H groups in total. The number of rotatable bonds is 3. The Labute approximate surface area is 123 Å². The van der Waals surface area contributed by atoms with Crippen LogP contribution in [0.2, 0.25) is 0 Å². The average Bonchev–Trinajstić information content (AvgIpc) is 2.82. The van der Waals surface area contributed by atoms with Crippen LogP contribution in [0.15, 0.2) is 48.8 Å². The second kappa shape index (κ2) is 5.93. The lowest BCUT2D eigenvalue weighted by Gasteiger charge is -2.18. The summed E-state index contributed by atoms with van der Waals surface area (Å²) in [5.74, 6) is 0. The molecule has 2 amide bonds. The third-order valence-corrected chi connectivity index (χ3v) is 3.67. The van der Waals surface area contributed by atoms with Crippen LogP contribution >= 0.6 is 0 Å². The largest absolute Gasteiger partial charge is 0.390 e. The zero-order chi connectivity index (χ0) is 14.7. The number of fused-ring (bicyclic) bond motifs is 1. The minimum atomic E-state index is -0.577. The highest BCUT2D eigenvalue weighted by Gasteiger charge is 2.31. The molecule has 0 saturated carbocycles. The summed E-state index contributed by atoms with van der Waals surface area (Å²) < 4.78 is 0. The van der Waals surface area contributed by atoms with Gasteiger partial charge in [0.15, 0.2) is 0 Å². The number of nitrogens with zero attached hydrogens (tertiary/aromatic N) is 1. The summed E-state index contributed by atoms with van der Waals surface area (Å²) >= 11 is 0. The van der Waals surface area contributed by atoms with Crippen molar-refractivity contribution in [3.05, 3.63) is 65.5 Å². The number of nitrogens with one attached hydrogen (secondary N) is 2. The lowest BCUT2D eigenvalue weighted by molar-refractivity contribution is 0.142. The summed E-state index contributed by atoms with van der Waals surface area (Å²) in [5.41, 5.74) is 3.00. The number of hydrogen-bond donors (Lipinski definition) is 3. The second-order valence-corrected chi connectivity index (χ2v) is 5.14. The van der Waals surface area contributed by atoms with Gasteiger partial charge < -0.3 is 15.7 Å². The number of urea groups is 1. The maximum absolute atomic E-state index is 12.0. The molecule has 1 aliphatic rings. The zero-order valence-electron chi connectivity index (χ0n) is 11.5. The van der Waals surface area contributed by atoms with Crippen molar-refractivity contribution >= 4 is 6.03 Å². The molecule has 0 bridgehead atoms. The molecule has 0 fully saturated rings. The maximum atomic E-state index is 12.0. The van der Waals surface area contributed by atoms with Gasteiger partial charge in [0.1, 0.15) is 0 Å². The van der Waals surface area contributed by atoms with Crippen LogP contribution in [0, 0.1) is 0 Å². The van der Waals surface area contributed by atoms with Crippen LogP contribution in [0.4, 0.5) is 4.79 Å². The highest BCUT2D eigenvalue weighted by molar-refractivity contribution is 5.74. The Kier molecular flexibility index (Phi) is 3.83. The Morgan fingerprint density at radius 2 is 2.14 bits per heavy atom. The van der Waals surface area contributed by atoms with Gasteiger partial charge in [0, 0.05) is 25.4 Å². The molecule has 2 unspecified atom stereocenters. The average molecular weight is 283 g/mol. The number of pyridine rings is 1. The Morgan fingerprint density at radius 1 is 1.29 bits per heavy atom. The highest BCUT2D eigenvalue weighted by Crippen LogP contribution is 2.30. The van der Waals surface area contributed by atoms with Gasteiger partial charge >= 0.3 is 6.03 Å². The number of aromatic nitrogens is 1. The fourth-order valence-electron chi connectivity index (χ4n) is 2.63. The maximum Gasteiger partial charge on any atom is 0.315 e. The van der Waals surface area contributed by atoms with E-state index in [1.807, 2.05) is 36.4 Å². The van der Waals surface area contributed by atoms with Crippen molar-refractivity contribution in [2.45, 2.75) is 25.1 Å². The van der Waals surface area contributed by atoms with Gasteiger partial charge in [0.2, 0.25) is 0 Å². The number of benzene rings is 1. The SMILES string of the molecule is O=C(NCc1cccnc1)NC1c2ccccc2CC1O. The summed E-state index contributed by atoms with van der Waals surface area (Å²) in [6, 6.07) is 10.9. The molecule has 108 valence electrons. The Morgan fingerprint density at radius 3 is 2.95 bits per heavy atom. The standard InChI is InChI=1S/C16H17N3O2/c20-14-8-12-5-1-2-6-13(12)15(14)19-16(21)18-10-11-4-3-7-17-9-11/h1-7,9,14-15,20H,8,10H2,(H2,18,19,21). The molecule has 0 saturated heterocycles. The van der Waals surface area contributed by atoms with E-state index in [1.165, 1.54) is 0 Å². The number of aliphatic hydroxyl groups is 1. The van der Waals surface area contributed by atoms with E-state index < -0.39 is 6.10 Å². The third-order valence-electron chi connectivity index (χ3n) is 3.67. The first-order chi connectivity index (χ1) is 10.2. The minimum absolute atomic E-state index is 0.292. The van der Waals surface area contributed by atoms with Crippen molar-refractivity contribution in [3.63, 3.8) is 0 Å². The molecule has 1 aliphatic carbocycles. The second-order valence-electron chi connectivity index (χ2n) is 5.14. The third kappa shape index (κ3) is 3.03. The number of carbonyl (C=O) groups excluding carboxylic acids is 1. The normalized spacial score (nSPS) is 19.9. The highest BCUT2D eigenvalue weighted by atomic mass is 16.3.